The van der Waals surface area contributed by atoms with Crippen LogP contribution in [-0.4, -0.2) is 17.0 Å². The molecule has 1 aliphatic rings. The zero-order valence-corrected chi connectivity index (χ0v) is 20.9. The lowest BCUT2D eigenvalue weighted by Gasteiger charge is -2.12. The highest BCUT2D eigenvalue weighted by Crippen LogP contribution is 2.36. The molecule has 1 heterocycles. The van der Waals surface area contributed by atoms with Crippen LogP contribution in [0.3, 0.4) is 0 Å². The number of benzene rings is 2. The molecule has 182 valence electrons. The number of carbonyl (C=O) groups excluding carboxylic acids is 1. The maximum absolute atomic E-state index is 12.9. The van der Waals surface area contributed by atoms with Crippen molar-refractivity contribution in [2.24, 2.45) is 0 Å². The molecule has 0 bridgehead atoms. The molecule has 3 aromatic rings. The van der Waals surface area contributed by atoms with Gasteiger partial charge < -0.3 is 10.6 Å². The number of aryl methyl sites for hydroxylation is 2. The van der Waals surface area contributed by atoms with Crippen molar-refractivity contribution in [1.29, 1.82) is 10.5 Å². The monoisotopic (exact) mass is 497 g/mol. The molecule has 8 heteroatoms. The van der Waals surface area contributed by atoms with Gasteiger partial charge in [-0.25, -0.2) is 0 Å². The van der Waals surface area contributed by atoms with Crippen molar-refractivity contribution in [2.75, 3.05) is 11.9 Å². The number of hydrogen-bond donors (Lipinski definition) is 2. The predicted octanol–water partition coefficient (Wildman–Crippen LogP) is 2.76. The largest absolute Gasteiger partial charge is 0.360 e. The molecule has 7 nitrogen and oxygen atoms in total. The Morgan fingerprint density at radius 3 is 2.83 bits per heavy atom. The maximum Gasteiger partial charge on any atom is 0.270 e. The fraction of sp³-hybridized carbons (Fsp3) is 0.286. The minimum Gasteiger partial charge on any atom is -0.360 e. The van der Waals surface area contributed by atoms with E-state index in [2.05, 4.69) is 47.0 Å². The van der Waals surface area contributed by atoms with E-state index in [0.717, 1.165) is 36.3 Å². The molecule has 1 aromatic heterocycles. The molecule has 0 radical (unpaired) electrons. The number of fused-ring (bicyclic) bond motifs is 1. The second-order valence-electron chi connectivity index (χ2n) is 8.61. The lowest BCUT2D eigenvalue weighted by molar-refractivity contribution is -0.115. The highest BCUT2D eigenvalue weighted by atomic mass is 32.1. The number of nitrogens with zero attached hydrogens (tertiary/aromatic N) is 3. The summed E-state index contributed by atoms with van der Waals surface area (Å²) in [4.78, 5) is 25.2. The average Bonchev–Trinajstić information content (AvgIpc) is 3.46. The summed E-state index contributed by atoms with van der Waals surface area (Å²) in [5, 5.41) is 23.8. The van der Waals surface area contributed by atoms with E-state index < -0.39 is 5.91 Å². The van der Waals surface area contributed by atoms with Gasteiger partial charge in [-0.3, -0.25) is 14.2 Å². The van der Waals surface area contributed by atoms with Gasteiger partial charge in [-0.1, -0.05) is 36.4 Å². The lowest BCUT2D eigenvalue weighted by Crippen LogP contribution is -2.34. The molecule has 0 aliphatic heterocycles. The highest BCUT2D eigenvalue weighted by molar-refractivity contribution is 7.07. The van der Waals surface area contributed by atoms with E-state index in [1.165, 1.54) is 27.7 Å². The summed E-state index contributed by atoms with van der Waals surface area (Å²) in [5.41, 5.74) is 4.60. The van der Waals surface area contributed by atoms with E-state index in [4.69, 9.17) is 5.26 Å². The first kappa shape index (κ1) is 25.0. The molecule has 1 amide bonds. The number of aromatic nitrogens is 1. The van der Waals surface area contributed by atoms with E-state index in [1.807, 2.05) is 24.3 Å². The van der Waals surface area contributed by atoms with Gasteiger partial charge in [0.05, 0.1) is 6.07 Å². The number of rotatable bonds is 8. The van der Waals surface area contributed by atoms with Crippen LogP contribution in [-0.2, 0) is 24.2 Å². The summed E-state index contributed by atoms with van der Waals surface area (Å²) in [6.07, 6.45) is 6.04. The van der Waals surface area contributed by atoms with Crippen LogP contribution in [0.4, 0.5) is 5.69 Å². The first-order chi connectivity index (χ1) is 17.5. The number of carbonyl (C=O) groups is 1. The fourth-order valence-corrected chi connectivity index (χ4v) is 5.73. The summed E-state index contributed by atoms with van der Waals surface area (Å²) in [7, 11) is 0. The van der Waals surface area contributed by atoms with Gasteiger partial charge in [0, 0.05) is 18.4 Å². The number of hydrogen-bond acceptors (Lipinski definition) is 6. The Morgan fingerprint density at radius 2 is 2.06 bits per heavy atom. The van der Waals surface area contributed by atoms with Crippen LogP contribution in [0.1, 0.15) is 42.4 Å². The normalized spacial score (nSPS) is 15.5. The third kappa shape index (κ3) is 5.40. The Morgan fingerprint density at radius 1 is 1.22 bits per heavy atom. The molecular formula is C28H27N5O2S. The first-order valence-corrected chi connectivity index (χ1v) is 12.8. The standard InChI is InChI=1S/C28H27N5O2S/c1-2-33-27(35)25(36-28(33)24(17-30)26(34)31-15-14-29)18-32-22-8-5-6-19(16-22)10-11-21-13-12-20-7-3-4-9-23(20)21/h3-9,16,18,21,32H,2,10-13,15H2,1H3,(H,31,34)/b25-18+,28-24-. The van der Waals surface area contributed by atoms with Crippen LogP contribution >= 0.6 is 11.3 Å². The van der Waals surface area contributed by atoms with Crippen molar-refractivity contribution in [3.63, 3.8) is 0 Å². The molecule has 4 rings (SSSR count). The second-order valence-corrected chi connectivity index (χ2v) is 9.64. The summed E-state index contributed by atoms with van der Waals surface area (Å²) in [6.45, 7) is 1.88. The maximum atomic E-state index is 12.9. The molecule has 0 spiro atoms. The average molecular weight is 498 g/mol. The molecule has 2 N–H and O–H groups in total. The smallest absolute Gasteiger partial charge is 0.270 e. The Balaban J connectivity index is 1.53. The number of thiazole rings is 1. The van der Waals surface area contributed by atoms with E-state index in [-0.39, 0.29) is 22.3 Å². The van der Waals surface area contributed by atoms with Gasteiger partial charge in [0.1, 0.15) is 21.8 Å². The molecule has 1 unspecified atom stereocenters. The van der Waals surface area contributed by atoms with Gasteiger partial charge in [0.2, 0.25) is 0 Å². The van der Waals surface area contributed by atoms with Crippen LogP contribution in [0.5, 0.6) is 0 Å². The van der Waals surface area contributed by atoms with Crippen LogP contribution in [0.15, 0.2) is 53.3 Å². The zero-order chi connectivity index (χ0) is 25.5. The SMILES string of the molecule is CCn1c(=O)/c(=C\Nc2cccc(CCC3CCc4ccccc43)c2)s/c1=C(/C#N)C(=O)NCC#N. The Hall–Kier alpha value is -4.14. The summed E-state index contributed by atoms with van der Waals surface area (Å²) in [5.74, 6) is -0.0723. The van der Waals surface area contributed by atoms with Gasteiger partial charge in [-0.05, 0) is 67.3 Å². The van der Waals surface area contributed by atoms with E-state index >= 15 is 0 Å². The molecule has 0 saturated carbocycles. The van der Waals surface area contributed by atoms with Crippen molar-refractivity contribution in [3.8, 4) is 12.1 Å². The van der Waals surface area contributed by atoms with Gasteiger partial charge in [-0.15, -0.1) is 11.3 Å². The van der Waals surface area contributed by atoms with Crippen molar-refractivity contribution in [1.82, 2.24) is 9.88 Å². The molecule has 1 atom stereocenters. The van der Waals surface area contributed by atoms with Gasteiger partial charge in [0.15, 0.2) is 5.57 Å². The van der Waals surface area contributed by atoms with Crippen LogP contribution in [0, 0.1) is 22.7 Å². The predicted molar refractivity (Wildman–Crippen MR) is 142 cm³/mol. The van der Waals surface area contributed by atoms with Crippen LogP contribution in [0.2, 0.25) is 0 Å². The van der Waals surface area contributed by atoms with Crippen molar-refractivity contribution in [2.45, 2.75) is 45.1 Å². The third-order valence-corrected chi connectivity index (χ3v) is 7.57. The van der Waals surface area contributed by atoms with Crippen molar-refractivity contribution in [3.05, 3.63) is 84.8 Å². The number of nitriles is 2. The Kier molecular flexibility index (Phi) is 7.99. The summed E-state index contributed by atoms with van der Waals surface area (Å²) < 4.78 is 2.07. The molecule has 0 fully saturated rings. The summed E-state index contributed by atoms with van der Waals surface area (Å²) >= 11 is 1.08. The minimum atomic E-state index is -0.667. The number of nitrogens with one attached hydrogen (secondary N) is 2. The number of amides is 1. The molecule has 36 heavy (non-hydrogen) atoms. The van der Waals surface area contributed by atoms with Crippen molar-refractivity contribution < 1.29 is 4.79 Å². The van der Waals surface area contributed by atoms with Crippen molar-refractivity contribution >= 4 is 34.7 Å². The molecule has 2 aromatic carbocycles. The Bertz CT molecular complexity index is 1540. The minimum absolute atomic E-state index is 0.177. The highest BCUT2D eigenvalue weighted by Gasteiger charge is 2.21. The van der Waals surface area contributed by atoms with Crippen LogP contribution in [0.25, 0.3) is 11.8 Å². The topological polar surface area (TPSA) is 111 Å². The van der Waals surface area contributed by atoms with Gasteiger partial charge in [-0.2, -0.15) is 10.5 Å². The van der Waals surface area contributed by atoms with Crippen LogP contribution < -0.4 is 25.4 Å². The van der Waals surface area contributed by atoms with E-state index in [9.17, 15) is 14.9 Å². The first-order valence-electron chi connectivity index (χ1n) is 12.0. The van der Waals surface area contributed by atoms with Gasteiger partial charge in [0.25, 0.3) is 11.5 Å². The third-order valence-electron chi connectivity index (χ3n) is 6.44. The lowest BCUT2D eigenvalue weighted by atomic mass is 9.94. The second kappa shape index (κ2) is 11.5. The zero-order valence-electron chi connectivity index (χ0n) is 20.1. The fourth-order valence-electron chi connectivity index (χ4n) is 4.65. The van der Waals surface area contributed by atoms with E-state index in [0.29, 0.717) is 17.0 Å². The van der Waals surface area contributed by atoms with E-state index in [1.54, 1.807) is 13.1 Å². The molecule has 0 saturated heterocycles. The summed E-state index contributed by atoms with van der Waals surface area (Å²) in [6, 6.07) is 20.6. The molecule has 1 aliphatic carbocycles. The Labute approximate surface area is 213 Å². The van der Waals surface area contributed by atoms with Gasteiger partial charge >= 0.3 is 0 Å². The molecular weight excluding hydrogens is 470 g/mol. The number of anilines is 1. The quantitative estimate of drug-likeness (QED) is 0.465.